The molecule has 0 aromatic rings. The van der Waals surface area contributed by atoms with Crippen LogP contribution in [0.3, 0.4) is 0 Å². The van der Waals surface area contributed by atoms with Gasteiger partial charge < -0.3 is 4.74 Å². The van der Waals surface area contributed by atoms with E-state index in [2.05, 4.69) is 0 Å². The Labute approximate surface area is 103 Å². The van der Waals surface area contributed by atoms with Crippen LogP contribution in [0.2, 0.25) is 0 Å². The zero-order valence-electron chi connectivity index (χ0n) is 11.3. The van der Waals surface area contributed by atoms with Gasteiger partial charge in [-0.1, -0.05) is 12.8 Å². The molecule has 1 atom stereocenters. The molecule has 17 heavy (non-hydrogen) atoms. The fraction of sp³-hybridized carbons (Fsp3) is 0.846. The first-order chi connectivity index (χ1) is 7.81. The van der Waals surface area contributed by atoms with Gasteiger partial charge in [-0.2, -0.15) is 0 Å². The van der Waals surface area contributed by atoms with E-state index in [-0.39, 0.29) is 17.9 Å². The Morgan fingerprint density at radius 3 is 2.35 bits per heavy atom. The van der Waals surface area contributed by atoms with Crippen molar-refractivity contribution in [1.82, 2.24) is 4.90 Å². The average Bonchev–Trinajstić information content (AvgIpc) is 2.39. The Balaban J connectivity index is 2.75. The molecule has 1 heterocycles. The summed E-state index contributed by atoms with van der Waals surface area (Å²) in [5.41, 5.74) is -0.509. The van der Waals surface area contributed by atoms with E-state index in [4.69, 9.17) is 4.74 Å². The third-order valence-corrected chi connectivity index (χ3v) is 2.85. The van der Waals surface area contributed by atoms with Crippen molar-refractivity contribution in [2.24, 2.45) is 0 Å². The van der Waals surface area contributed by atoms with Gasteiger partial charge in [0.2, 0.25) is 0 Å². The maximum Gasteiger partial charge on any atom is 0.410 e. The summed E-state index contributed by atoms with van der Waals surface area (Å²) in [4.78, 5) is 25.2. The van der Waals surface area contributed by atoms with Crippen molar-refractivity contribution >= 4 is 11.9 Å². The lowest BCUT2D eigenvalue weighted by molar-refractivity contribution is -0.122. The largest absolute Gasteiger partial charge is 0.444 e. The van der Waals surface area contributed by atoms with Gasteiger partial charge in [0, 0.05) is 6.54 Å². The normalized spacial score (nSPS) is 21.9. The van der Waals surface area contributed by atoms with Crippen LogP contribution in [0, 0.1) is 0 Å². The second kappa shape index (κ2) is 5.52. The predicted molar refractivity (Wildman–Crippen MR) is 65.9 cm³/mol. The number of likely N-dealkylation sites (tertiary alicyclic amines) is 1. The monoisotopic (exact) mass is 241 g/mol. The number of carbonyl (C=O) groups is 2. The summed E-state index contributed by atoms with van der Waals surface area (Å²) in [6, 6.07) is -0.299. The van der Waals surface area contributed by atoms with E-state index in [1.807, 2.05) is 20.8 Å². The first kappa shape index (κ1) is 14.0. The number of Topliss-reactive ketones (excluding diaryl/α,β-unsaturated/α-hetero) is 1. The summed E-state index contributed by atoms with van der Waals surface area (Å²) in [5.74, 6) is 0.0535. The lowest BCUT2D eigenvalue weighted by Crippen LogP contribution is -2.46. The Morgan fingerprint density at radius 1 is 1.18 bits per heavy atom. The van der Waals surface area contributed by atoms with Crippen LogP contribution in [0.15, 0.2) is 0 Å². The molecule has 0 aliphatic carbocycles. The van der Waals surface area contributed by atoms with E-state index in [0.29, 0.717) is 6.54 Å². The number of ketones is 1. The lowest BCUT2D eigenvalue weighted by atomic mass is 10.1. The number of nitrogens with zero attached hydrogens (tertiary/aromatic N) is 1. The molecule has 4 nitrogen and oxygen atoms in total. The van der Waals surface area contributed by atoms with Crippen LogP contribution in [0.4, 0.5) is 4.79 Å². The number of hydrogen-bond acceptors (Lipinski definition) is 3. The van der Waals surface area contributed by atoms with Gasteiger partial charge >= 0.3 is 6.09 Å². The molecular formula is C13H23NO3. The standard InChI is InChI=1S/C13H23NO3/c1-10(15)11-8-6-5-7-9-14(11)12(16)17-13(2,3)4/h11H,5-9H2,1-4H3. The molecule has 4 heteroatoms. The first-order valence-corrected chi connectivity index (χ1v) is 6.31. The van der Waals surface area contributed by atoms with Crippen molar-refractivity contribution in [2.45, 2.75) is 65.0 Å². The van der Waals surface area contributed by atoms with Crippen molar-refractivity contribution < 1.29 is 14.3 Å². The fourth-order valence-corrected chi connectivity index (χ4v) is 2.07. The highest BCUT2D eigenvalue weighted by atomic mass is 16.6. The van der Waals surface area contributed by atoms with Crippen LogP contribution in [0.5, 0.6) is 0 Å². The molecule has 1 saturated heterocycles. The lowest BCUT2D eigenvalue weighted by Gasteiger charge is -2.30. The van der Waals surface area contributed by atoms with Gasteiger partial charge in [-0.15, -0.1) is 0 Å². The second-order valence-corrected chi connectivity index (χ2v) is 5.65. The van der Waals surface area contributed by atoms with E-state index in [9.17, 15) is 9.59 Å². The highest BCUT2D eigenvalue weighted by Crippen LogP contribution is 2.20. The molecule has 1 rings (SSSR count). The van der Waals surface area contributed by atoms with E-state index in [1.54, 1.807) is 11.8 Å². The maximum absolute atomic E-state index is 12.0. The summed E-state index contributed by atoms with van der Waals surface area (Å²) < 4.78 is 5.35. The molecular weight excluding hydrogens is 218 g/mol. The van der Waals surface area contributed by atoms with Gasteiger partial charge in [0.15, 0.2) is 5.78 Å². The molecule has 0 saturated carbocycles. The van der Waals surface area contributed by atoms with Crippen LogP contribution < -0.4 is 0 Å². The van der Waals surface area contributed by atoms with Gasteiger partial charge in [-0.25, -0.2) is 4.79 Å². The van der Waals surface area contributed by atoms with Crippen molar-refractivity contribution in [3.05, 3.63) is 0 Å². The summed E-state index contributed by atoms with van der Waals surface area (Å²) in [7, 11) is 0. The third-order valence-electron chi connectivity index (χ3n) is 2.85. The Hall–Kier alpha value is -1.06. The van der Waals surface area contributed by atoms with E-state index < -0.39 is 5.60 Å². The molecule has 1 aliphatic heterocycles. The Bertz CT molecular complexity index is 294. The molecule has 1 fully saturated rings. The van der Waals surface area contributed by atoms with Gasteiger partial charge in [0.05, 0.1) is 6.04 Å². The van der Waals surface area contributed by atoms with Crippen molar-refractivity contribution in [2.75, 3.05) is 6.54 Å². The molecule has 0 radical (unpaired) electrons. The molecule has 1 amide bonds. The molecule has 0 spiro atoms. The molecule has 0 bridgehead atoms. The molecule has 0 N–H and O–H groups in total. The minimum Gasteiger partial charge on any atom is -0.444 e. The summed E-state index contributed by atoms with van der Waals surface area (Å²) in [5, 5.41) is 0. The topological polar surface area (TPSA) is 46.6 Å². The fourth-order valence-electron chi connectivity index (χ4n) is 2.07. The van der Waals surface area contributed by atoms with Crippen molar-refractivity contribution in [3.8, 4) is 0 Å². The smallest absolute Gasteiger partial charge is 0.410 e. The highest BCUT2D eigenvalue weighted by Gasteiger charge is 2.31. The minimum atomic E-state index is -0.509. The summed E-state index contributed by atoms with van der Waals surface area (Å²) in [6.07, 6.45) is 3.42. The zero-order chi connectivity index (χ0) is 13.1. The molecule has 0 aromatic carbocycles. The number of rotatable bonds is 1. The van der Waals surface area contributed by atoms with Crippen LogP contribution in [-0.4, -0.2) is 35.0 Å². The van der Waals surface area contributed by atoms with Gasteiger partial charge in [-0.3, -0.25) is 9.69 Å². The van der Waals surface area contributed by atoms with Crippen LogP contribution >= 0.6 is 0 Å². The number of carbonyl (C=O) groups excluding carboxylic acids is 2. The molecule has 1 aliphatic rings. The third kappa shape index (κ3) is 4.36. The van der Waals surface area contributed by atoms with E-state index in [1.165, 1.54) is 0 Å². The minimum absolute atomic E-state index is 0.0535. The predicted octanol–water partition coefficient (Wildman–Crippen LogP) is 2.76. The van der Waals surface area contributed by atoms with Crippen LogP contribution in [0.1, 0.15) is 53.4 Å². The van der Waals surface area contributed by atoms with Crippen molar-refractivity contribution in [1.29, 1.82) is 0 Å². The number of hydrogen-bond donors (Lipinski definition) is 0. The van der Waals surface area contributed by atoms with Gasteiger partial charge in [-0.05, 0) is 40.5 Å². The first-order valence-electron chi connectivity index (χ1n) is 6.31. The summed E-state index contributed by atoms with van der Waals surface area (Å²) in [6.45, 7) is 7.69. The average molecular weight is 241 g/mol. The molecule has 98 valence electrons. The van der Waals surface area contributed by atoms with E-state index in [0.717, 1.165) is 25.7 Å². The Morgan fingerprint density at radius 2 is 1.82 bits per heavy atom. The van der Waals surface area contributed by atoms with Crippen molar-refractivity contribution in [3.63, 3.8) is 0 Å². The second-order valence-electron chi connectivity index (χ2n) is 5.65. The maximum atomic E-state index is 12.0. The van der Waals surface area contributed by atoms with Crippen LogP contribution in [-0.2, 0) is 9.53 Å². The van der Waals surface area contributed by atoms with E-state index >= 15 is 0 Å². The molecule has 0 aromatic heterocycles. The quantitative estimate of drug-likeness (QED) is 0.709. The number of amides is 1. The SMILES string of the molecule is CC(=O)C1CCCCCN1C(=O)OC(C)(C)C. The van der Waals surface area contributed by atoms with Gasteiger partial charge in [0.1, 0.15) is 5.60 Å². The summed E-state index contributed by atoms with van der Waals surface area (Å²) >= 11 is 0. The Kier molecular flexibility index (Phi) is 4.54. The zero-order valence-corrected chi connectivity index (χ0v) is 11.3. The van der Waals surface area contributed by atoms with Gasteiger partial charge in [0.25, 0.3) is 0 Å². The molecule has 1 unspecified atom stereocenters. The number of ether oxygens (including phenoxy) is 1. The highest BCUT2D eigenvalue weighted by molar-refractivity contribution is 5.85. The van der Waals surface area contributed by atoms with Crippen LogP contribution in [0.25, 0.3) is 0 Å².